The van der Waals surface area contributed by atoms with Crippen LogP contribution in [-0.2, 0) is 10.8 Å². The number of hydrogen-bond acceptors (Lipinski definition) is 1. The third-order valence-corrected chi connectivity index (χ3v) is 9.58. The van der Waals surface area contributed by atoms with Gasteiger partial charge in [-0.05, 0) is 87.9 Å². The fraction of sp³-hybridized carbons (Fsp3) is 0.379. The predicted molar refractivity (Wildman–Crippen MR) is 139 cm³/mol. The van der Waals surface area contributed by atoms with Gasteiger partial charge in [0.1, 0.15) is 17.0 Å². The van der Waals surface area contributed by atoms with Crippen LogP contribution in [0, 0.1) is 5.82 Å². The number of furan rings is 1. The Morgan fingerprint density at radius 1 is 0.750 bits per heavy atom. The molecule has 32 heavy (non-hydrogen) atoms. The first-order valence-corrected chi connectivity index (χ1v) is 13.9. The van der Waals surface area contributed by atoms with Gasteiger partial charge >= 0.3 is 0 Å². The van der Waals surface area contributed by atoms with Gasteiger partial charge in [-0.25, -0.2) is 14.4 Å². The van der Waals surface area contributed by atoms with Crippen LogP contribution >= 0.6 is 10.0 Å². The molecule has 0 saturated heterocycles. The second kappa shape index (κ2) is 7.95. The van der Waals surface area contributed by atoms with Crippen LogP contribution in [0.3, 0.4) is 0 Å². The Bertz CT molecular complexity index is 1260. The summed E-state index contributed by atoms with van der Waals surface area (Å²) in [6.45, 7) is 11.4. The maximum atomic E-state index is 13.6. The van der Waals surface area contributed by atoms with Crippen LogP contribution in [0.25, 0.3) is 21.9 Å². The Kier molecular flexibility index (Phi) is 5.69. The van der Waals surface area contributed by atoms with Crippen molar-refractivity contribution >= 4 is 32.0 Å². The average Bonchev–Trinajstić information content (AvgIpc) is 3.08. The molecule has 3 aromatic carbocycles. The smallest absolute Gasteiger partial charge is 0.138 e. The topological polar surface area (TPSA) is 13.1 Å². The van der Waals surface area contributed by atoms with E-state index in [1.165, 1.54) is 33.9 Å². The van der Waals surface area contributed by atoms with Gasteiger partial charge in [0.15, 0.2) is 0 Å². The van der Waals surface area contributed by atoms with Gasteiger partial charge in [0.05, 0.1) is 0 Å². The zero-order valence-corrected chi connectivity index (χ0v) is 21.2. The van der Waals surface area contributed by atoms with Crippen LogP contribution in [0.5, 0.6) is 0 Å². The Hall–Kier alpha value is -2.26. The van der Waals surface area contributed by atoms with Gasteiger partial charge in [-0.1, -0.05) is 52.8 Å². The summed E-state index contributed by atoms with van der Waals surface area (Å²) in [5.41, 5.74) is 4.33. The van der Waals surface area contributed by atoms with Gasteiger partial charge < -0.3 is 4.42 Å². The summed E-state index contributed by atoms with van der Waals surface area (Å²) < 4.78 is 19.5. The minimum Gasteiger partial charge on any atom is -0.456 e. The third kappa shape index (κ3) is 4.45. The van der Waals surface area contributed by atoms with Crippen molar-refractivity contribution in [1.29, 1.82) is 0 Å². The standard InChI is InChI=1S/C29H35FOS/c1-28(2,3)20-8-12-23(13-9-20)32(6,7)17-16-29(4,5)21-10-15-26-25(18-21)24-14-11-22(30)19-27(24)31-26/h8-15,18-19H,16-17H2,1-7H3. The van der Waals surface area contributed by atoms with Gasteiger partial charge in [0.2, 0.25) is 0 Å². The highest BCUT2D eigenvalue weighted by atomic mass is 32.3. The number of rotatable bonds is 5. The summed E-state index contributed by atoms with van der Waals surface area (Å²) >= 11 is 0. The van der Waals surface area contributed by atoms with E-state index in [1.807, 2.05) is 12.1 Å². The van der Waals surface area contributed by atoms with Crippen molar-refractivity contribution in [2.24, 2.45) is 0 Å². The van der Waals surface area contributed by atoms with Gasteiger partial charge in [-0.2, -0.15) is 0 Å². The first-order chi connectivity index (χ1) is 14.9. The molecule has 0 amide bonds. The number of fused-ring (bicyclic) bond motifs is 3. The van der Waals surface area contributed by atoms with Crippen LogP contribution in [0.2, 0.25) is 0 Å². The molecule has 0 radical (unpaired) electrons. The van der Waals surface area contributed by atoms with E-state index in [4.69, 9.17) is 4.42 Å². The van der Waals surface area contributed by atoms with Crippen molar-refractivity contribution in [1.82, 2.24) is 0 Å². The maximum Gasteiger partial charge on any atom is 0.138 e. The average molecular weight is 451 g/mol. The lowest BCUT2D eigenvalue weighted by Crippen LogP contribution is -2.21. The number of hydrogen-bond donors (Lipinski definition) is 0. The SMILES string of the molecule is CC(C)(C)c1ccc(S(C)(C)CCC(C)(C)c2ccc3oc4cc(F)ccc4c3c2)cc1. The lowest BCUT2D eigenvalue weighted by Gasteiger charge is -2.36. The minimum atomic E-state index is -0.895. The molecular formula is C29H35FOS. The van der Waals surface area contributed by atoms with Gasteiger partial charge in [0.25, 0.3) is 0 Å². The Morgan fingerprint density at radius 3 is 2.06 bits per heavy atom. The largest absolute Gasteiger partial charge is 0.456 e. The highest BCUT2D eigenvalue weighted by Gasteiger charge is 2.26. The van der Waals surface area contributed by atoms with Crippen LogP contribution < -0.4 is 0 Å². The first kappa shape index (κ1) is 22.9. The molecule has 0 spiro atoms. The second-order valence-corrected chi connectivity index (χ2v) is 15.1. The van der Waals surface area contributed by atoms with Gasteiger partial charge in [-0.15, -0.1) is 0 Å². The Morgan fingerprint density at radius 2 is 1.41 bits per heavy atom. The summed E-state index contributed by atoms with van der Waals surface area (Å²) in [5, 5.41) is 2.04. The van der Waals surface area contributed by atoms with Crippen molar-refractivity contribution in [3.05, 3.63) is 77.6 Å². The molecular weight excluding hydrogens is 415 g/mol. The van der Waals surface area contributed by atoms with E-state index in [2.05, 4.69) is 83.5 Å². The highest BCUT2D eigenvalue weighted by Crippen LogP contribution is 2.51. The van der Waals surface area contributed by atoms with E-state index in [0.717, 1.165) is 22.8 Å². The molecule has 0 saturated carbocycles. The Labute approximate surface area is 193 Å². The molecule has 0 atom stereocenters. The van der Waals surface area contributed by atoms with Crippen LogP contribution in [0.4, 0.5) is 4.39 Å². The monoisotopic (exact) mass is 450 g/mol. The molecule has 3 heteroatoms. The molecule has 0 fully saturated rings. The quantitative estimate of drug-likeness (QED) is 0.296. The van der Waals surface area contributed by atoms with Crippen LogP contribution in [0.1, 0.15) is 52.2 Å². The fourth-order valence-corrected chi connectivity index (χ4v) is 6.40. The molecule has 0 aliphatic heterocycles. The lowest BCUT2D eigenvalue weighted by molar-refractivity contribution is 0.510. The van der Waals surface area contributed by atoms with Crippen molar-refractivity contribution in [3.63, 3.8) is 0 Å². The van der Waals surface area contributed by atoms with Crippen molar-refractivity contribution in [3.8, 4) is 0 Å². The summed E-state index contributed by atoms with van der Waals surface area (Å²) in [6, 6.07) is 20.5. The van der Waals surface area contributed by atoms with Crippen LogP contribution in [-0.4, -0.2) is 18.3 Å². The Balaban J connectivity index is 1.57. The molecule has 170 valence electrons. The summed E-state index contributed by atoms with van der Waals surface area (Å²) in [6.07, 6.45) is 5.96. The molecule has 4 aromatic rings. The lowest BCUT2D eigenvalue weighted by atomic mass is 9.81. The predicted octanol–water partition coefficient (Wildman–Crippen LogP) is 8.81. The highest BCUT2D eigenvalue weighted by molar-refractivity contribution is 8.32. The third-order valence-electron chi connectivity index (χ3n) is 6.81. The molecule has 0 aliphatic carbocycles. The molecule has 0 aliphatic rings. The second-order valence-electron chi connectivity index (χ2n) is 11.1. The van der Waals surface area contributed by atoms with E-state index >= 15 is 0 Å². The van der Waals surface area contributed by atoms with E-state index in [0.29, 0.717) is 5.58 Å². The van der Waals surface area contributed by atoms with E-state index in [9.17, 15) is 4.39 Å². The first-order valence-electron chi connectivity index (χ1n) is 11.3. The fourth-order valence-electron chi connectivity index (χ4n) is 4.27. The van der Waals surface area contributed by atoms with E-state index in [1.54, 1.807) is 0 Å². The van der Waals surface area contributed by atoms with Crippen molar-refractivity contribution < 1.29 is 8.81 Å². The van der Waals surface area contributed by atoms with Gasteiger partial charge in [0, 0.05) is 16.8 Å². The molecule has 1 nitrogen and oxygen atoms in total. The summed E-state index contributed by atoms with van der Waals surface area (Å²) in [7, 11) is -0.895. The molecule has 0 N–H and O–H groups in total. The molecule has 1 heterocycles. The summed E-state index contributed by atoms with van der Waals surface area (Å²) in [4.78, 5) is 1.47. The minimum absolute atomic E-state index is 0.0352. The van der Waals surface area contributed by atoms with Gasteiger partial charge in [-0.3, -0.25) is 0 Å². The maximum absolute atomic E-state index is 13.6. The normalized spacial score (nSPS) is 13.8. The number of benzene rings is 3. The van der Waals surface area contributed by atoms with Crippen LogP contribution in [0.15, 0.2) is 70.0 Å². The zero-order valence-electron chi connectivity index (χ0n) is 20.4. The zero-order chi connectivity index (χ0) is 23.3. The number of halogens is 1. The molecule has 0 unspecified atom stereocenters. The van der Waals surface area contributed by atoms with E-state index in [-0.39, 0.29) is 16.6 Å². The van der Waals surface area contributed by atoms with Crippen molar-refractivity contribution in [2.45, 2.75) is 56.8 Å². The molecule has 1 aromatic heterocycles. The van der Waals surface area contributed by atoms with Crippen molar-refractivity contribution in [2.75, 3.05) is 18.3 Å². The molecule has 4 rings (SSSR count). The summed E-state index contributed by atoms with van der Waals surface area (Å²) in [5.74, 6) is 0.905. The van der Waals surface area contributed by atoms with E-state index < -0.39 is 10.0 Å². The molecule has 0 bridgehead atoms.